The molecule has 0 amide bonds. The molecule has 1 rings (SSSR count). The third kappa shape index (κ3) is 2.87. The smallest absolute Gasteiger partial charge is 0.156 e. The Morgan fingerprint density at radius 1 is 1.57 bits per heavy atom. The Balaban J connectivity index is 2.59. The van der Waals surface area contributed by atoms with Crippen molar-refractivity contribution in [1.29, 1.82) is 0 Å². The average Bonchev–Trinajstić information content (AvgIpc) is 2.16. The van der Waals surface area contributed by atoms with E-state index in [4.69, 9.17) is 10.9 Å². The van der Waals surface area contributed by atoms with Gasteiger partial charge in [0.1, 0.15) is 0 Å². The third-order valence-corrected chi connectivity index (χ3v) is 2.67. The molecule has 1 unspecified atom stereocenters. The number of likely N-dealkylation sites (tertiary alicyclic amines) is 1. The summed E-state index contributed by atoms with van der Waals surface area (Å²) >= 11 is 0. The van der Waals surface area contributed by atoms with Crippen LogP contribution in [0, 0.1) is 5.92 Å². The van der Waals surface area contributed by atoms with Crippen LogP contribution in [-0.4, -0.2) is 35.1 Å². The van der Waals surface area contributed by atoms with E-state index in [0.29, 0.717) is 11.8 Å². The molecule has 0 aromatic carbocycles. The van der Waals surface area contributed by atoms with Crippen LogP contribution in [0.5, 0.6) is 0 Å². The third-order valence-electron chi connectivity index (χ3n) is 2.67. The molecular formula is C10H21N3O. The molecule has 4 nitrogen and oxygen atoms in total. The Labute approximate surface area is 85.8 Å². The fourth-order valence-electron chi connectivity index (χ4n) is 2.08. The fraction of sp³-hybridized carbons (Fsp3) is 0.900. The number of rotatable bonds is 3. The van der Waals surface area contributed by atoms with Gasteiger partial charge in [-0.3, -0.25) is 4.90 Å². The highest BCUT2D eigenvalue weighted by atomic mass is 16.4. The van der Waals surface area contributed by atoms with E-state index in [1.165, 1.54) is 12.8 Å². The molecule has 4 heteroatoms. The Kier molecular flexibility index (Phi) is 4.20. The molecule has 3 N–H and O–H groups in total. The zero-order valence-electron chi connectivity index (χ0n) is 9.11. The second kappa shape index (κ2) is 5.20. The van der Waals surface area contributed by atoms with E-state index >= 15 is 0 Å². The Morgan fingerprint density at radius 2 is 2.29 bits per heavy atom. The van der Waals surface area contributed by atoms with E-state index in [0.717, 1.165) is 19.5 Å². The lowest BCUT2D eigenvalue weighted by atomic mass is 10.00. The summed E-state index contributed by atoms with van der Waals surface area (Å²) in [4.78, 5) is 2.32. The van der Waals surface area contributed by atoms with Crippen molar-refractivity contribution < 1.29 is 5.21 Å². The first kappa shape index (κ1) is 11.3. The molecule has 1 aliphatic rings. The molecule has 0 saturated carbocycles. The lowest BCUT2D eigenvalue weighted by molar-refractivity contribution is 0.167. The van der Waals surface area contributed by atoms with Gasteiger partial charge in [0, 0.05) is 6.54 Å². The number of hydrogen-bond donors (Lipinski definition) is 2. The quantitative estimate of drug-likeness (QED) is 0.311. The number of nitrogens with zero attached hydrogens (tertiary/aromatic N) is 2. The van der Waals surface area contributed by atoms with Crippen LogP contribution in [0.4, 0.5) is 0 Å². The molecule has 1 heterocycles. The van der Waals surface area contributed by atoms with Gasteiger partial charge in [-0.15, -0.1) is 0 Å². The highest BCUT2D eigenvalue weighted by molar-refractivity contribution is 5.85. The molecule has 1 aliphatic heterocycles. The summed E-state index contributed by atoms with van der Waals surface area (Å²) in [5.74, 6) is 0.993. The van der Waals surface area contributed by atoms with Crippen LogP contribution in [0.15, 0.2) is 5.16 Å². The van der Waals surface area contributed by atoms with Crippen molar-refractivity contribution in [2.75, 3.05) is 13.1 Å². The summed E-state index contributed by atoms with van der Waals surface area (Å²) in [5, 5.41) is 11.8. The minimum absolute atomic E-state index is 0.149. The van der Waals surface area contributed by atoms with Crippen molar-refractivity contribution in [3.63, 3.8) is 0 Å². The minimum Gasteiger partial charge on any atom is -0.409 e. The maximum atomic E-state index is 8.68. The monoisotopic (exact) mass is 199 g/mol. The summed E-state index contributed by atoms with van der Waals surface area (Å²) in [6.07, 6.45) is 3.42. The molecule has 0 aromatic rings. The summed E-state index contributed by atoms with van der Waals surface area (Å²) < 4.78 is 0. The van der Waals surface area contributed by atoms with Gasteiger partial charge < -0.3 is 10.9 Å². The van der Waals surface area contributed by atoms with Crippen LogP contribution in [0.25, 0.3) is 0 Å². The van der Waals surface area contributed by atoms with E-state index in [9.17, 15) is 0 Å². The Morgan fingerprint density at radius 3 is 2.86 bits per heavy atom. The van der Waals surface area contributed by atoms with Gasteiger partial charge in [0.25, 0.3) is 0 Å². The fourth-order valence-corrected chi connectivity index (χ4v) is 2.08. The highest BCUT2D eigenvalue weighted by Gasteiger charge is 2.25. The largest absolute Gasteiger partial charge is 0.409 e. The van der Waals surface area contributed by atoms with Crippen LogP contribution in [0.2, 0.25) is 0 Å². The highest BCUT2D eigenvalue weighted by Crippen LogP contribution is 2.18. The number of oxime groups is 1. The summed E-state index contributed by atoms with van der Waals surface area (Å²) in [7, 11) is 0. The molecule has 0 aliphatic carbocycles. The summed E-state index contributed by atoms with van der Waals surface area (Å²) in [6, 6.07) is 0.149. The Hall–Kier alpha value is -0.770. The van der Waals surface area contributed by atoms with Gasteiger partial charge in [-0.2, -0.15) is 0 Å². The predicted octanol–water partition coefficient (Wildman–Crippen LogP) is 1.24. The first-order valence-corrected chi connectivity index (χ1v) is 5.36. The average molecular weight is 199 g/mol. The lowest BCUT2D eigenvalue weighted by Crippen LogP contribution is -2.49. The first-order valence-electron chi connectivity index (χ1n) is 5.36. The van der Waals surface area contributed by atoms with E-state index in [-0.39, 0.29) is 6.04 Å². The van der Waals surface area contributed by atoms with Crippen LogP contribution in [0.3, 0.4) is 0 Å². The first-order chi connectivity index (χ1) is 6.65. The van der Waals surface area contributed by atoms with E-state index in [2.05, 4.69) is 23.9 Å². The van der Waals surface area contributed by atoms with Gasteiger partial charge in [0.05, 0.1) is 6.04 Å². The van der Waals surface area contributed by atoms with Gasteiger partial charge in [0.15, 0.2) is 5.84 Å². The topological polar surface area (TPSA) is 61.8 Å². The zero-order valence-corrected chi connectivity index (χ0v) is 9.11. The molecule has 82 valence electrons. The minimum atomic E-state index is 0.149. The van der Waals surface area contributed by atoms with Crippen molar-refractivity contribution in [3.05, 3.63) is 0 Å². The second-order valence-electron chi connectivity index (χ2n) is 4.43. The van der Waals surface area contributed by atoms with Crippen LogP contribution >= 0.6 is 0 Å². The molecule has 1 fully saturated rings. The molecular weight excluding hydrogens is 178 g/mol. The molecule has 0 bridgehead atoms. The predicted molar refractivity (Wildman–Crippen MR) is 57.5 cm³/mol. The van der Waals surface area contributed by atoms with Crippen molar-refractivity contribution in [1.82, 2.24) is 4.90 Å². The van der Waals surface area contributed by atoms with Gasteiger partial charge in [-0.05, 0) is 25.3 Å². The van der Waals surface area contributed by atoms with Crippen LogP contribution in [0.1, 0.15) is 33.1 Å². The molecule has 14 heavy (non-hydrogen) atoms. The molecule has 0 spiro atoms. The maximum Gasteiger partial charge on any atom is 0.156 e. The van der Waals surface area contributed by atoms with E-state index in [1.54, 1.807) is 0 Å². The number of hydrogen-bond acceptors (Lipinski definition) is 3. The second-order valence-corrected chi connectivity index (χ2v) is 4.43. The van der Waals surface area contributed by atoms with E-state index < -0.39 is 0 Å². The van der Waals surface area contributed by atoms with Crippen molar-refractivity contribution in [2.24, 2.45) is 16.8 Å². The maximum absolute atomic E-state index is 8.68. The van der Waals surface area contributed by atoms with Gasteiger partial charge >= 0.3 is 0 Å². The molecule has 1 saturated heterocycles. The summed E-state index contributed by atoms with van der Waals surface area (Å²) in [6.45, 7) is 6.48. The molecule has 0 radical (unpaired) electrons. The number of piperidine rings is 1. The molecule has 0 aromatic heterocycles. The number of nitrogens with two attached hydrogens (primary N) is 1. The van der Waals surface area contributed by atoms with Gasteiger partial charge in [0.2, 0.25) is 0 Å². The van der Waals surface area contributed by atoms with Crippen LogP contribution in [-0.2, 0) is 0 Å². The Bertz CT molecular complexity index is 204. The van der Waals surface area contributed by atoms with E-state index in [1.807, 2.05) is 0 Å². The SMILES string of the molecule is CC(C)CN1CCCCC1C(N)=NO. The van der Waals surface area contributed by atoms with Crippen molar-refractivity contribution in [2.45, 2.75) is 39.2 Å². The lowest BCUT2D eigenvalue weighted by Gasteiger charge is -2.35. The van der Waals surface area contributed by atoms with Crippen LogP contribution < -0.4 is 5.73 Å². The molecule has 1 atom stereocenters. The standard InChI is InChI=1S/C10H21N3O/c1-8(2)7-13-6-4-3-5-9(13)10(11)12-14/h8-9,14H,3-7H2,1-2H3,(H2,11,12). The summed E-state index contributed by atoms with van der Waals surface area (Å²) in [5.41, 5.74) is 5.67. The normalized spacial score (nSPS) is 25.6. The van der Waals surface area contributed by atoms with Gasteiger partial charge in [-0.1, -0.05) is 25.4 Å². The van der Waals surface area contributed by atoms with Crippen molar-refractivity contribution >= 4 is 5.84 Å². The zero-order chi connectivity index (χ0) is 10.6. The number of amidine groups is 1. The van der Waals surface area contributed by atoms with Gasteiger partial charge in [-0.25, -0.2) is 0 Å². The van der Waals surface area contributed by atoms with Crippen molar-refractivity contribution in [3.8, 4) is 0 Å².